The lowest BCUT2D eigenvalue weighted by Crippen LogP contribution is -2.43. The number of rotatable bonds is 3. The van der Waals surface area contributed by atoms with Crippen LogP contribution >= 0.6 is 0 Å². The van der Waals surface area contributed by atoms with Crippen LogP contribution in [0.3, 0.4) is 0 Å². The van der Waals surface area contributed by atoms with Gasteiger partial charge in [0, 0.05) is 0 Å². The Labute approximate surface area is 83.8 Å². The molecule has 90 valence electrons. The van der Waals surface area contributed by atoms with Crippen LogP contribution in [-0.4, -0.2) is 37.9 Å². The molecule has 1 fully saturated rings. The van der Waals surface area contributed by atoms with Gasteiger partial charge in [-0.05, 0) is 25.9 Å². The van der Waals surface area contributed by atoms with E-state index in [2.05, 4.69) is 10.1 Å². The summed E-state index contributed by atoms with van der Waals surface area (Å²) in [5.74, 6) is -4.75. The second kappa shape index (κ2) is 4.61. The molecule has 1 heterocycles. The van der Waals surface area contributed by atoms with E-state index >= 15 is 0 Å². The largest absolute Gasteiger partial charge is 0.455 e. The third kappa shape index (κ3) is 3.57. The van der Waals surface area contributed by atoms with Crippen LogP contribution in [0.4, 0.5) is 22.0 Å². The van der Waals surface area contributed by atoms with Crippen molar-refractivity contribution in [2.45, 2.75) is 31.0 Å². The van der Waals surface area contributed by atoms with Crippen molar-refractivity contribution in [1.29, 1.82) is 0 Å². The monoisotopic (exact) mass is 233 g/mol. The lowest BCUT2D eigenvalue weighted by molar-refractivity contribution is -0.300. The van der Waals surface area contributed by atoms with E-state index in [1.165, 1.54) is 0 Å². The molecule has 0 unspecified atom stereocenters. The Morgan fingerprint density at radius 1 is 1.07 bits per heavy atom. The maximum atomic E-state index is 12.4. The summed E-state index contributed by atoms with van der Waals surface area (Å²) in [4.78, 5) is 0. The molecule has 1 saturated heterocycles. The van der Waals surface area contributed by atoms with Gasteiger partial charge in [-0.3, -0.25) is 0 Å². The highest BCUT2D eigenvalue weighted by molar-refractivity contribution is 4.77. The zero-order chi connectivity index (χ0) is 11.5. The van der Waals surface area contributed by atoms with E-state index in [1.54, 1.807) is 0 Å². The summed E-state index contributed by atoms with van der Waals surface area (Å²) in [7, 11) is 0. The summed E-state index contributed by atoms with van der Waals surface area (Å²) in [5.41, 5.74) is 0. The molecule has 0 amide bonds. The van der Waals surface area contributed by atoms with Crippen LogP contribution in [0, 0.1) is 0 Å². The average Bonchev–Trinajstić information content (AvgIpc) is 2.15. The maximum Gasteiger partial charge on any atom is 0.455 e. The molecule has 0 atom stereocenters. The molecule has 7 heteroatoms. The number of nitrogens with one attached hydrogen (secondary N) is 1. The predicted molar refractivity (Wildman–Crippen MR) is 42.8 cm³/mol. The Hall–Kier alpha value is -0.430. The van der Waals surface area contributed by atoms with Gasteiger partial charge in [-0.15, -0.1) is 0 Å². The molecular weight excluding hydrogens is 221 g/mol. The minimum absolute atomic E-state index is 0.466. The number of piperidine rings is 1. The molecule has 1 N–H and O–H groups in total. The van der Waals surface area contributed by atoms with Crippen molar-refractivity contribution in [2.75, 3.05) is 19.7 Å². The van der Waals surface area contributed by atoms with Gasteiger partial charge in [-0.2, -0.15) is 22.0 Å². The topological polar surface area (TPSA) is 21.3 Å². The van der Waals surface area contributed by atoms with Crippen LogP contribution in [-0.2, 0) is 4.74 Å². The van der Waals surface area contributed by atoms with Crippen molar-refractivity contribution >= 4 is 0 Å². The number of alkyl halides is 5. The van der Waals surface area contributed by atoms with Crippen LogP contribution in [0.15, 0.2) is 0 Å². The molecule has 1 aliphatic heterocycles. The molecular formula is C8H12F5NO. The Morgan fingerprint density at radius 3 is 2.07 bits per heavy atom. The summed E-state index contributed by atoms with van der Waals surface area (Å²) >= 11 is 0. The Kier molecular flexibility index (Phi) is 3.88. The number of hydrogen-bond acceptors (Lipinski definition) is 2. The summed E-state index contributed by atoms with van der Waals surface area (Å²) in [6.45, 7) is -0.411. The third-order valence-corrected chi connectivity index (χ3v) is 2.20. The zero-order valence-electron chi connectivity index (χ0n) is 7.91. The molecule has 0 bridgehead atoms. The van der Waals surface area contributed by atoms with Gasteiger partial charge in [0.05, 0.1) is 6.10 Å². The first kappa shape index (κ1) is 12.6. The minimum atomic E-state index is -5.53. The average molecular weight is 233 g/mol. The zero-order valence-corrected chi connectivity index (χ0v) is 7.91. The summed E-state index contributed by atoms with van der Waals surface area (Å²) in [6.07, 6.45) is -5.10. The summed E-state index contributed by atoms with van der Waals surface area (Å²) in [6, 6.07) is 0. The fourth-order valence-corrected chi connectivity index (χ4v) is 1.27. The normalized spacial score (nSPS) is 20.6. The molecule has 0 spiro atoms. The van der Waals surface area contributed by atoms with E-state index in [1.807, 2.05) is 0 Å². The van der Waals surface area contributed by atoms with Gasteiger partial charge in [-0.1, -0.05) is 0 Å². The van der Waals surface area contributed by atoms with E-state index < -0.39 is 24.8 Å². The summed E-state index contributed by atoms with van der Waals surface area (Å²) < 4.78 is 64.6. The Morgan fingerprint density at radius 2 is 1.60 bits per heavy atom. The van der Waals surface area contributed by atoms with E-state index in [4.69, 9.17) is 0 Å². The van der Waals surface area contributed by atoms with Crippen molar-refractivity contribution in [3.63, 3.8) is 0 Å². The standard InChI is InChI=1S/C8H12F5NO/c9-7(10,8(11,12)13)5-15-6-1-3-14-4-2-6/h6,14H,1-5H2. The maximum absolute atomic E-state index is 12.4. The molecule has 0 radical (unpaired) electrons. The van der Waals surface area contributed by atoms with Crippen LogP contribution in [0.2, 0.25) is 0 Å². The van der Waals surface area contributed by atoms with Gasteiger partial charge >= 0.3 is 12.1 Å². The van der Waals surface area contributed by atoms with Crippen molar-refractivity contribution in [3.8, 4) is 0 Å². The molecule has 0 aliphatic carbocycles. The molecule has 1 rings (SSSR count). The SMILES string of the molecule is FC(F)(F)C(F)(F)COC1CCNCC1. The van der Waals surface area contributed by atoms with Crippen molar-refractivity contribution in [1.82, 2.24) is 5.32 Å². The molecule has 0 aromatic rings. The van der Waals surface area contributed by atoms with E-state index in [0.29, 0.717) is 25.9 Å². The highest BCUT2D eigenvalue weighted by atomic mass is 19.4. The van der Waals surface area contributed by atoms with Crippen LogP contribution in [0.1, 0.15) is 12.8 Å². The second-order valence-electron chi connectivity index (χ2n) is 3.46. The van der Waals surface area contributed by atoms with Crippen molar-refractivity contribution in [2.24, 2.45) is 0 Å². The highest BCUT2D eigenvalue weighted by Crippen LogP contribution is 2.35. The van der Waals surface area contributed by atoms with Gasteiger partial charge in [0.2, 0.25) is 0 Å². The fourth-order valence-electron chi connectivity index (χ4n) is 1.27. The first-order chi connectivity index (χ1) is 6.83. The minimum Gasteiger partial charge on any atom is -0.371 e. The number of halogens is 5. The van der Waals surface area contributed by atoms with E-state index in [9.17, 15) is 22.0 Å². The molecule has 0 saturated carbocycles. The molecule has 2 nitrogen and oxygen atoms in total. The molecule has 1 aliphatic rings. The second-order valence-corrected chi connectivity index (χ2v) is 3.46. The third-order valence-electron chi connectivity index (χ3n) is 2.20. The van der Waals surface area contributed by atoms with Gasteiger partial charge in [0.25, 0.3) is 0 Å². The highest BCUT2D eigenvalue weighted by Gasteiger charge is 2.57. The predicted octanol–water partition coefficient (Wildman–Crippen LogP) is 1.95. The van der Waals surface area contributed by atoms with Crippen LogP contribution < -0.4 is 5.32 Å². The van der Waals surface area contributed by atoms with Crippen LogP contribution in [0.5, 0.6) is 0 Å². The molecule has 0 aromatic carbocycles. The van der Waals surface area contributed by atoms with E-state index in [0.717, 1.165) is 0 Å². The van der Waals surface area contributed by atoms with E-state index in [-0.39, 0.29) is 0 Å². The number of hydrogen-bond donors (Lipinski definition) is 1. The molecule has 15 heavy (non-hydrogen) atoms. The first-order valence-corrected chi connectivity index (χ1v) is 4.60. The van der Waals surface area contributed by atoms with Gasteiger partial charge in [0.15, 0.2) is 0 Å². The first-order valence-electron chi connectivity index (χ1n) is 4.60. The van der Waals surface area contributed by atoms with Crippen molar-refractivity contribution < 1.29 is 26.7 Å². The smallest absolute Gasteiger partial charge is 0.371 e. The van der Waals surface area contributed by atoms with Crippen molar-refractivity contribution in [3.05, 3.63) is 0 Å². The fraction of sp³-hybridized carbons (Fsp3) is 1.00. The quantitative estimate of drug-likeness (QED) is 0.752. The van der Waals surface area contributed by atoms with Gasteiger partial charge in [-0.25, -0.2) is 0 Å². The molecule has 0 aromatic heterocycles. The lowest BCUT2D eigenvalue weighted by Gasteiger charge is -2.26. The summed E-state index contributed by atoms with van der Waals surface area (Å²) in [5, 5.41) is 2.95. The Balaban J connectivity index is 2.35. The number of ether oxygens (including phenoxy) is 1. The van der Waals surface area contributed by atoms with Crippen LogP contribution in [0.25, 0.3) is 0 Å². The van der Waals surface area contributed by atoms with Gasteiger partial charge in [0.1, 0.15) is 6.61 Å². The van der Waals surface area contributed by atoms with Gasteiger partial charge < -0.3 is 10.1 Å². The Bertz CT molecular complexity index is 200. The lowest BCUT2D eigenvalue weighted by atomic mass is 10.1.